The Kier molecular flexibility index (Phi) is 7.07. The van der Waals surface area contributed by atoms with Gasteiger partial charge in [-0.05, 0) is 85.1 Å². The van der Waals surface area contributed by atoms with Gasteiger partial charge in [-0.1, -0.05) is 29.8 Å². The van der Waals surface area contributed by atoms with E-state index >= 15 is 0 Å². The van der Waals surface area contributed by atoms with Gasteiger partial charge in [0.05, 0.1) is 12.1 Å². The largest absolute Gasteiger partial charge is 0.465 e. The maximum absolute atomic E-state index is 12.7. The predicted octanol–water partition coefficient (Wildman–Crippen LogP) is 7.43. The van der Waals surface area contributed by atoms with Gasteiger partial charge < -0.3 is 14.8 Å². The lowest BCUT2D eigenvalue weighted by atomic mass is 10.1. The van der Waals surface area contributed by atoms with Crippen LogP contribution in [0, 0.1) is 0 Å². The summed E-state index contributed by atoms with van der Waals surface area (Å²) in [5.74, 6) is 0.642. The van der Waals surface area contributed by atoms with Crippen molar-refractivity contribution < 1.29 is 14.3 Å². The third kappa shape index (κ3) is 5.88. The molecule has 5 nitrogen and oxygen atoms in total. The molecule has 0 spiro atoms. The van der Waals surface area contributed by atoms with Gasteiger partial charge >= 0.3 is 0 Å². The van der Waals surface area contributed by atoms with Gasteiger partial charge in [-0.3, -0.25) is 9.78 Å². The Morgan fingerprint density at radius 2 is 1.94 bits per heavy atom. The molecular weight excluding hydrogens is 460 g/mol. The fraction of sp³-hybridized carbons (Fsp3) is 0.172. The number of halogens is 1. The molecule has 1 N–H and O–H groups in total. The first-order valence-corrected chi connectivity index (χ1v) is 12.0. The molecule has 1 atom stereocenters. The number of carbonyl (C=O) groups is 1. The van der Waals surface area contributed by atoms with Gasteiger partial charge in [0, 0.05) is 40.0 Å². The molecule has 1 aromatic heterocycles. The highest BCUT2D eigenvalue weighted by molar-refractivity contribution is 6.31. The number of rotatable bonds is 7. The molecule has 0 radical (unpaired) electrons. The minimum absolute atomic E-state index is 0.0687. The zero-order chi connectivity index (χ0) is 24.0. The lowest BCUT2D eigenvalue weighted by Gasteiger charge is -2.23. The Morgan fingerprint density at radius 3 is 2.77 bits per heavy atom. The number of ether oxygens (including phenoxy) is 2. The number of pyridine rings is 1. The number of benzene rings is 3. The van der Waals surface area contributed by atoms with Crippen LogP contribution in [0.4, 0.5) is 11.4 Å². The van der Waals surface area contributed by atoms with E-state index in [1.807, 2.05) is 66.7 Å². The van der Waals surface area contributed by atoms with Crippen LogP contribution in [0.1, 0.15) is 35.2 Å². The number of hydrogen-bond acceptors (Lipinski definition) is 5. The number of aromatic nitrogens is 1. The molecule has 1 unspecified atom stereocenters. The van der Waals surface area contributed by atoms with Gasteiger partial charge in [0.15, 0.2) is 12.1 Å². The maximum Gasteiger partial charge on any atom is 0.199 e. The van der Waals surface area contributed by atoms with Gasteiger partial charge in [0.25, 0.3) is 0 Å². The highest BCUT2D eigenvalue weighted by atomic mass is 35.5. The highest BCUT2D eigenvalue weighted by Gasteiger charge is 2.15. The lowest BCUT2D eigenvalue weighted by Crippen LogP contribution is -2.24. The molecule has 0 saturated carbocycles. The molecule has 6 heteroatoms. The molecule has 176 valence electrons. The topological polar surface area (TPSA) is 60.5 Å². The summed E-state index contributed by atoms with van der Waals surface area (Å²) >= 11 is 6.10. The quantitative estimate of drug-likeness (QED) is 0.218. The summed E-state index contributed by atoms with van der Waals surface area (Å²) in [7, 11) is 0. The van der Waals surface area contributed by atoms with Crippen LogP contribution < -0.4 is 10.1 Å². The van der Waals surface area contributed by atoms with E-state index < -0.39 is 0 Å². The molecule has 4 aromatic rings. The predicted molar refractivity (Wildman–Crippen MR) is 141 cm³/mol. The lowest BCUT2D eigenvalue weighted by molar-refractivity contribution is -0.105. The molecule has 0 aliphatic carbocycles. The van der Waals surface area contributed by atoms with Crippen molar-refractivity contribution in [2.45, 2.75) is 25.6 Å². The third-order valence-electron chi connectivity index (χ3n) is 5.84. The van der Waals surface area contributed by atoms with E-state index in [1.54, 1.807) is 24.4 Å². The molecule has 5 rings (SSSR count). The van der Waals surface area contributed by atoms with E-state index in [0.717, 1.165) is 53.7 Å². The molecular formula is C29H25ClN2O3. The van der Waals surface area contributed by atoms with Crippen molar-refractivity contribution >= 4 is 45.7 Å². The maximum atomic E-state index is 12.7. The number of hydrogen-bond donors (Lipinski definition) is 1. The van der Waals surface area contributed by atoms with Crippen LogP contribution in [-0.2, 0) is 4.74 Å². The fourth-order valence-electron chi connectivity index (χ4n) is 4.03. The van der Waals surface area contributed by atoms with Crippen LogP contribution in [0.3, 0.4) is 0 Å². The van der Waals surface area contributed by atoms with Crippen LogP contribution in [-0.4, -0.2) is 23.7 Å². The average Bonchev–Trinajstić information content (AvgIpc) is 2.88. The molecule has 2 heterocycles. The summed E-state index contributed by atoms with van der Waals surface area (Å²) in [6.07, 6.45) is 8.03. The first-order chi connectivity index (χ1) is 17.1. The zero-order valence-electron chi connectivity index (χ0n) is 19.1. The molecule has 0 bridgehead atoms. The van der Waals surface area contributed by atoms with Crippen molar-refractivity contribution in [2.75, 3.05) is 11.9 Å². The average molecular weight is 485 g/mol. The Balaban J connectivity index is 1.25. The van der Waals surface area contributed by atoms with Crippen LogP contribution in [0.2, 0.25) is 5.02 Å². The molecule has 1 aliphatic rings. The minimum atomic E-state index is -0.200. The van der Waals surface area contributed by atoms with E-state index in [2.05, 4.69) is 10.3 Å². The van der Waals surface area contributed by atoms with E-state index in [0.29, 0.717) is 16.3 Å². The van der Waals surface area contributed by atoms with E-state index in [1.165, 1.54) is 0 Å². The Morgan fingerprint density at radius 1 is 1.06 bits per heavy atom. The summed E-state index contributed by atoms with van der Waals surface area (Å²) in [5, 5.41) is 5.07. The number of nitrogens with one attached hydrogen (secondary N) is 1. The molecule has 1 aliphatic heterocycles. The standard InChI is InChI=1S/C29H25ClN2O3/c30-22-10-13-25-26(15-16-31-27(25)19-22)32-23-5-3-4-20(18-23)7-14-28(33)21-8-11-24(12-9-21)35-29-6-1-2-17-34-29/h3-5,7-16,18-19,29H,1-2,6,17H2,(H,31,32)/b14-7+. The van der Waals surface area contributed by atoms with Crippen LogP contribution in [0.5, 0.6) is 5.75 Å². The Bertz CT molecular complexity index is 1360. The van der Waals surface area contributed by atoms with Gasteiger partial charge in [-0.2, -0.15) is 0 Å². The van der Waals surface area contributed by atoms with Crippen LogP contribution in [0.25, 0.3) is 17.0 Å². The van der Waals surface area contributed by atoms with Gasteiger partial charge in [-0.25, -0.2) is 0 Å². The van der Waals surface area contributed by atoms with E-state index in [9.17, 15) is 4.79 Å². The van der Waals surface area contributed by atoms with Crippen molar-refractivity contribution in [3.63, 3.8) is 0 Å². The number of nitrogens with zero attached hydrogens (tertiary/aromatic N) is 1. The smallest absolute Gasteiger partial charge is 0.199 e. The Hall–Kier alpha value is -3.67. The van der Waals surface area contributed by atoms with Crippen molar-refractivity contribution in [1.82, 2.24) is 4.98 Å². The number of allylic oxidation sites excluding steroid dienone is 1. The Labute approximate surface area is 209 Å². The molecule has 0 amide bonds. The molecule has 1 fully saturated rings. The summed E-state index contributed by atoms with van der Waals surface area (Å²) < 4.78 is 11.5. The first-order valence-electron chi connectivity index (χ1n) is 11.7. The SMILES string of the molecule is O=C(/C=C/c1cccc(Nc2ccnc3cc(Cl)ccc23)c1)c1ccc(OC2CCCCO2)cc1. The summed E-state index contributed by atoms with van der Waals surface area (Å²) in [4.78, 5) is 17.1. The number of carbonyl (C=O) groups excluding carboxylic acids is 1. The number of anilines is 2. The normalized spacial score (nSPS) is 15.9. The summed E-state index contributed by atoms with van der Waals surface area (Å²) in [6.45, 7) is 0.733. The highest BCUT2D eigenvalue weighted by Crippen LogP contribution is 2.27. The second-order valence-electron chi connectivity index (χ2n) is 8.41. The molecule has 1 saturated heterocycles. The fourth-order valence-corrected chi connectivity index (χ4v) is 4.19. The number of ketones is 1. The monoisotopic (exact) mass is 484 g/mol. The van der Waals surface area contributed by atoms with E-state index in [-0.39, 0.29) is 12.1 Å². The van der Waals surface area contributed by atoms with Crippen molar-refractivity contribution in [3.05, 3.63) is 101 Å². The van der Waals surface area contributed by atoms with Crippen LogP contribution in [0.15, 0.2) is 85.1 Å². The van der Waals surface area contributed by atoms with Crippen molar-refractivity contribution in [1.29, 1.82) is 0 Å². The van der Waals surface area contributed by atoms with E-state index in [4.69, 9.17) is 21.1 Å². The second-order valence-corrected chi connectivity index (χ2v) is 8.84. The molecule has 35 heavy (non-hydrogen) atoms. The first kappa shape index (κ1) is 23.1. The third-order valence-corrected chi connectivity index (χ3v) is 6.08. The van der Waals surface area contributed by atoms with Crippen molar-refractivity contribution in [3.8, 4) is 5.75 Å². The van der Waals surface area contributed by atoms with Gasteiger partial charge in [0.1, 0.15) is 5.75 Å². The van der Waals surface area contributed by atoms with Gasteiger partial charge in [0.2, 0.25) is 0 Å². The zero-order valence-corrected chi connectivity index (χ0v) is 19.9. The summed E-state index contributed by atoms with van der Waals surface area (Å²) in [5.41, 5.74) is 4.19. The molecule has 3 aromatic carbocycles. The summed E-state index contributed by atoms with van der Waals surface area (Å²) in [6, 6.07) is 22.7. The van der Waals surface area contributed by atoms with Gasteiger partial charge in [-0.15, -0.1) is 0 Å². The van der Waals surface area contributed by atoms with Crippen molar-refractivity contribution in [2.24, 2.45) is 0 Å². The minimum Gasteiger partial charge on any atom is -0.465 e. The number of fused-ring (bicyclic) bond motifs is 1. The second kappa shape index (κ2) is 10.7. The van der Waals surface area contributed by atoms with Crippen LogP contribution >= 0.6 is 11.6 Å².